The molecular weight excluding hydrogens is 294 g/mol. The molecule has 0 saturated heterocycles. The first-order valence-corrected chi connectivity index (χ1v) is 8.12. The molecule has 0 fully saturated rings. The molecule has 1 aromatic carbocycles. The number of Topliss-reactive ketones (excluding diaryl/α,β-unsaturated/α-hetero) is 1. The van der Waals surface area contributed by atoms with Crippen LogP contribution < -0.4 is 5.32 Å². The summed E-state index contributed by atoms with van der Waals surface area (Å²) in [6.45, 7) is 1.77. The van der Waals surface area contributed by atoms with Gasteiger partial charge in [-0.2, -0.15) is 0 Å². The molecule has 0 bridgehead atoms. The zero-order chi connectivity index (χ0) is 16.8. The molecule has 0 aliphatic heterocycles. The number of carboxylic acids is 1. The molecule has 5 heteroatoms. The number of rotatable bonds is 8. The van der Waals surface area contributed by atoms with Gasteiger partial charge in [0.25, 0.3) is 0 Å². The van der Waals surface area contributed by atoms with Crippen molar-refractivity contribution in [2.45, 2.75) is 57.9 Å². The van der Waals surface area contributed by atoms with Crippen LogP contribution in [0.1, 0.15) is 60.5 Å². The van der Waals surface area contributed by atoms with Crippen molar-refractivity contribution in [3.05, 3.63) is 34.9 Å². The fourth-order valence-corrected chi connectivity index (χ4v) is 2.88. The highest BCUT2D eigenvalue weighted by molar-refractivity contribution is 5.98. The summed E-state index contributed by atoms with van der Waals surface area (Å²) in [7, 11) is 0. The number of nitrogens with one attached hydrogen (secondary N) is 1. The molecule has 2 rings (SSSR count). The average molecular weight is 317 g/mol. The highest BCUT2D eigenvalue weighted by Crippen LogP contribution is 2.23. The lowest BCUT2D eigenvalue weighted by atomic mass is 10.0. The molecule has 1 aliphatic rings. The predicted molar refractivity (Wildman–Crippen MR) is 86.5 cm³/mol. The Morgan fingerprint density at radius 3 is 2.61 bits per heavy atom. The number of fused-ring (bicyclic) bond motifs is 1. The summed E-state index contributed by atoms with van der Waals surface area (Å²) in [5.41, 5.74) is 3.26. The van der Waals surface area contributed by atoms with Gasteiger partial charge in [0.2, 0.25) is 5.91 Å². The standard InChI is InChI=1S/C18H23NO4/c1-12(5-10-18(22)23)19-17(21)9-8-16(20)15-7-6-13-3-2-4-14(13)11-15/h6-7,11-12H,2-5,8-10H2,1H3,(H,19,21)(H,22,23). The van der Waals surface area contributed by atoms with Crippen molar-refractivity contribution in [1.82, 2.24) is 5.32 Å². The lowest BCUT2D eigenvalue weighted by molar-refractivity contribution is -0.137. The number of carbonyl (C=O) groups is 3. The maximum Gasteiger partial charge on any atom is 0.303 e. The van der Waals surface area contributed by atoms with Crippen molar-refractivity contribution < 1.29 is 19.5 Å². The lowest BCUT2D eigenvalue weighted by Crippen LogP contribution is -2.33. The molecule has 5 nitrogen and oxygen atoms in total. The molecule has 0 aromatic heterocycles. The van der Waals surface area contributed by atoms with E-state index >= 15 is 0 Å². The Morgan fingerprint density at radius 1 is 1.13 bits per heavy atom. The molecule has 0 spiro atoms. The van der Waals surface area contributed by atoms with Crippen molar-refractivity contribution in [1.29, 1.82) is 0 Å². The van der Waals surface area contributed by atoms with Crippen molar-refractivity contribution in [3.63, 3.8) is 0 Å². The number of amides is 1. The smallest absolute Gasteiger partial charge is 0.303 e. The Labute approximate surface area is 136 Å². The van der Waals surface area contributed by atoms with E-state index in [0.717, 1.165) is 19.3 Å². The zero-order valence-corrected chi connectivity index (χ0v) is 13.4. The number of aryl methyl sites for hydroxylation is 2. The van der Waals surface area contributed by atoms with Gasteiger partial charge in [-0.25, -0.2) is 0 Å². The Morgan fingerprint density at radius 2 is 1.87 bits per heavy atom. The van der Waals surface area contributed by atoms with Crippen LogP contribution in [0.4, 0.5) is 0 Å². The van der Waals surface area contributed by atoms with E-state index in [1.54, 1.807) is 6.92 Å². The monoisotopic (exact) mass is 317 g/mol. The quantitative estimate of drug-likeness (QED) is 0.722. The molecule has 0 radical (unpaired) electrons. The third-order valence-electron chi connectivity index (χ3n) is 4.20. The van der Waals surface area contributed by atoms with Gasteiger partial charge in [-0.05, 0) is 49.8 Å². The van der Waals surface area contributed by atoms with E-state index in [2.05, 4.69) is 5.32 Å². The summed E-state index contributed by atoms with van der Waals surface area (Å²) < 4.78 is 0. The van der Waals surface area contributed by atoms with Crippen LogP contribution in [0.3, 0.4) is 0 Å². The molecule has 1 aromatic rings. The Bertz CT molecular complexity index is 609. The summed E-state index contributed by atoms with van der Waals surface area (Å²) in [4.78, 5) is 34.5. The van der Waals surface area contributed by atoms with Crippen LogP contribution in [0, 0.1) is 0 Å². The highest BCUT2D eigenvalue weighted by atomic mass is 16.4. The van der Waals surface area contributed by atoms with Crippen molar-refractivity contribution in [2.24, 2.45) is 0 Å². The number of ketones is 1. The summed E-state index contributed by atoms with van der Waals surface area (Å²) >= 11 is 0. The first-order chi connectivity index (χ1) is 11.0. The second-order valence-corrected chi connectivity index (χ2v) is 6.16. The van der Waals surface area contributed by atoms with E-state index in [9.17, 15) is 14.4 Å². The Balaban J connectivity index is 1.77. The average Bonchev–Trinajstić information content (AvgIpc) is 2.98. The number of hydrogen-bond acceptors (Lipinski definition) is 3. The van der Waals surface area contributed by atoms with Crippen molar-refractivity contribution >= 4 is 17.7 Å². The minimum atomic E-state index is -0.877. The fourth-order valence-electron chi connectivity index (χ4n) is 2.88. The van der Waals surface area contributed by atoms with E-state index in [-0.39, 0.29) is 37.0 Å². The summed E-state index contributed by atoms with van der Waals surface area (Å²) in [6.07, 6.45) is 3.97. The van der Waals surface area contributed by atoms with E-state index in [1.807, 2.05) is 18.2 Å². The van der Waals surface area contributed by atoms with Gasteiger partial charge in [0.05, 0.1) is 0 Å². The van der Waals surface area contributed by atoms with E-state index in [1.165, 1.54) is 11.1 Å². The highest BCUT2D eigenvalue weighted by Gasteiger charge is 2.15. The molecule has 23 heavy (non-hydrogen) atoms. The second kappa shape index (κ2) is 7.90. The first kappa shape index (κ1) is 17.2. The third-order valence-corrected chi connectivity index (χ3v) is 4.20. The van der Waals surface area contributed by atoms with Crippen molar-refractivity contribution in [3.8, 4) is 0 Å². The molecule has 1 atom stereocenters. The number of hydrogen-bond donors (Lipinski definition) is 2. The molecule has 1 amide bonds. The zero-order valence-electron chi connectivity index (χ0n) is 13.4. The Hall–Kier alpha value is -2.17. The molecule has 124 valence electrons. The molecule has 1 unspecified atom stereocenters. The van der Waals surface area contributed by atoms with Gasteiger partial charge in [0, 0.05) is 30.9 Å². The van der Waals surface area contributed by atoms with E-state index < -0.39 is 5.97 Å². The second-order valence-electron chi connectivity index (χ2n) is 6.16. The normalized spacial score (nSPS) is 14.1. The summed E-state index contributed by atoms with van der Waals surface area (Å²) in [6, 6.07) is 5.62. The van der Waals surface area contributed by atoms with Gasteiger partial charge in [-0.3, -0.25) is 14.4 Å². The third kappa shape index (κ3) is 5.20. The lowest BCUT2D eigenvalue weighted by Gasteiger charge is -2.12. The maximum absolute atomic E-state index is 12.2. The minimum Gasteiger partial charge on any atom is -0.481 e. The molecule has 0 heterocycles. The number of aliphatic carboxylic acids is 1. The molecular formula is C18H23NO4. The number of carbonyl (C=O) groups excluding carboxylic acids is 2. The summed E-state index contributed by atoms with van der Waals surface area (Å²) in [5, 5.41) is 11.3. The van der Waals surface area contributed by atoms with Crippen LogP contribution in [0.15, 0.2) is 18.2 Å². The van der Waals surface area contributed by atoms with Crippen LogP contribution in [0.2, 0.25) is 0 Å². The minimum absolute atomic E-state index is 0.0203. The fraction of sp³-hybridized carbons (Fsp3) is 0.500. The van der Waals surface area contributed by atoms with Crippen LogP contribution in [0.5, 0.6) is 0 Å². The van der Waals surface area contributed by atoms with Gasteiger partial charge in [0.1, 0.15) is 0 Å². The van der Waals surface area contributed by atoms with Crippen LogP contribution >= 0.6 is 0 Å². The molecule has 0 saturated carbocycles. The van der Waals surface area contributed by atoms with Gasteiger partial charge < -0.3 is 10.4 Å². The van der Waals surface area contributed by atoms with Gasteiger partial charge in [-0.1, -0.05) is 12.1 Å². The van der Waals surface area contributed by atoms with E-state index in [4.69, 9.17) is 5.11 Å². The first-order valence-electron chi connectivity index (χ1n) is 8.12. The van der Waals surface area contributed by atoms with Gasteiger partial charge in [-0.15, -0.1) is 0 Å². The topological polar surface area (TPSA) is 83.5 Å². The SMILES string of the molecule is CC(CCC(=O)O)NC(=O)CCC(=O)c1ccc2c(c1)CCC2. The van der Waals surface area contributed by atoms with Crippen molar-refractivity contribution in [2.75, 3.05) is 0 Å². The molecule has 1 aliphatic carbocycles. The molecule has 2 N–H and O–H groups in total. The van der Waals surface area contributed by atoms with Gasteiger partial charge in [0.15, 0.2) is 5.78 Å². The van der Waals surface area contributed by atoms with Crippen LogP contribution in [0.25, 0.3) is 0 Å². The van der Waals surface area contributed by atoms with E-state index in [0.29, 0.717) is 12.0 Å². The maximum atomic E-state index is 12.2. The summed E-state index contributed by atoms with van der Waals surface area (Å²) in [5.74, 6) is -1.11. The Kier molecular flexibility index (Phi) is 5.90. The van der Waals surface area contributed by atoms with Gasteiger partial charge >= 0.3 is 5.97 Å². The number of carboxylic acid groups (broad SMARTS) is 1. The number of benzene rings is 1. The largest absolute Gasteiger partial charge is 0.481 e. The van der Waals surface area contributed by atoms with Crippen LogP contribution in [-0.4, -0.2) is 28.8 Å². The predicted octanol–water partition coefficient (Wildman–Crippen LogP) is 2.51. The van der Waals surface area contributed by atoms with Crippen LogP contribution in [-0.2, 0) is 22.4 Å².